The Balaban J connectivity index is 1.81. The number of benzene rings is 2. The van der Waals surface area contributed by atoms with Crippen molar-refractivity contribution < 1.29 is 28.8 Å². The van der Waals surface area contributed by atoms with Crippen molar-refractivity contribution in [3.63, 3.8) is 0 Å². The second-order valence-corrected chi connectivity index (χ2v) is 8.28. The predicted octanol–water partition coefficient (Wildman–Crippen LogP) is 0.404. The van der Waals surface area contributed by atoms with Crippen LogP contribution in [0.4, 0.5) is 0 Å². The molecular weight excluding hydrogens is 396 g/mol. The first kappa shape index (κ1) is 21.2. The lowest BCUT2D eigenvalue weighted by atomic mass is 9.97. The van der Waals surface area contributed by atoms with Gasteiger partial charge in [-0.25, -0.2) is 4.79 Å². The minimum absolute atomic E-state index is 0.174. The van der Waals surface area contributed by atoms with E-state index in [2.05, 4.69) is 7.05 Å². The standard InChI is InChI=1S/C24H28N2O5/c1-15-17-6-7-19(27)18(14-26-11-9-25(2)10-12-26)23(17)31-24(28)22(15)16-5-8-20(29-3)21(13-16)30-4/h5-8,13,27H,9-12,14H2,1-4H3/p+2. The van der Waals surface area contributed by atoms with Crippen molar-refractivity contribution in [1.29, 1.82) is 0 Å². The highest BCUT2D eigenvalue weighted by atomic mass is 16.5. The Morgan fingerprint density at radius 2 is 1.74 bits per heavy atom. The molecule has 0 aliphatic carbocycles. The van der Waals surface area contributed by atoms with E-state index in [0.717, 1.165) is 37.1 Å². The summed E-state index contributed by atoms with van der Waals surface area (Å²) < 4.78 is 16.5. The summed E-state index contributed by atoms with van der Waals surface area (Å²) in [5.41, 5.74) is 2.75. The number of aryl methyl sites for hydroxylation is 1. The van der Waals surface area contributed by atoms with Gasteiger partial charge in [0.05, 0.1) is 32.4 Å². The van der Waals surface area contributed by atoms with Crippen LogP contribution in [0.2, 0.25) is 0 Å². The average Bonchev–Trinajstić information content (AvgIpc) is 2.77. The van der Waals surface area contributed by atoms with E-state index in [-0.39, 0.29) is 5.75 Å². The molecule has 0 radical (unpaired) electrons. The van der Waals surface area contributed by atoms with Crippen LogP contribution in [0.3, 0.4) is 0 Å². The molecule has 1 saturated heterocycles. The van der Waals surface area contributed by atoms with Gasteiger partial charge in [-0.3, -0.25) is 0 Å². The van der Waals surface area contributed by atoms with Crippen LogP contribution in [0.25, 0.3) is 22.1 Å². The number of hydrogen-bond acceptors (Lipinski definition) is 5. The van der Waals surface area contributed by atoms with Gasteiger partial charge in [0.2, 0.25) is 0 Å². The van der Waals surface area contributed by atoms with Crippen LogP contribution in [-0.2, 0) is 6.54 Å². The van der Waals surface area contributed by atoms with Crippen LogP contribution in [0.1, 0.15) is 11.1 Å². The molecule has 0 saturated carbocycles. The summed E-state index contributed by atoms with van der Waals surface area (Å²) in [6.07, 6.45) is 0. The molecule has 31 heavy (non-hydrogen) atoms. The molecule has 1 aliphatic rings. The van der Waals surface area contributed by atoms with Gasteiger partial charge in [0, 0.05) is 5.39 Å². The Morgan fingerprint density at radius 3 is 2.42 bits per heavy atom. The Bertz CT molecular complexity index is 1160. The van der Waals surface area contributed by atoms with Crippen LogP contribution in [0, 0.1) is 6.92 Å². The van der Waals surface area contributed by atoms with Crippen molar-refractivity contribution in [3.8, 4) is 28.4 Å². The van der Waals surface area contributed by atoms with Crippen LogP contribution >= 0.6 is 0 Å². The molecule has 2 heterocycles. The molecule has 3 aromatic rings. The van der Waals surface area contributed by atoms with Crippen LogP contribution < -0.4 is 24.9 Å². The predicted molar refractivity (Wildman–Crippen MR) is 118 cm³/mol. The Labute approximate surface area is 181 Å². The number of likely N-dealkylation sites (N-methyl/N-ethyl adjacent to an activating group) is 1. The monoisotopic (exact) mass is 426 g/mol. The van der Waals surface area contributed by atoms with Crippen LogP contribution in [0.5, 0.6) is 17.2 Å². The molecule has 0 amide bonds. The molecule has 1 aliphatic heterocycles. The fourth-order valence-electron chi connectivity index (χ4n) is 4.41. The third-order valence-corrected chi connectivity index (χ3v) is 6.32. The normalized spacial score (nSPS) is 18.8. The van der Waals surface area contributed by atoms with E-state index >= 15 is 0 Å². The van der Waals surface area contributed by atoms with Gasteiger partial charge >= 0.3 is 5.63 Å². The zero-order valence-electron chi connectivity index (χ0n) is 18.5. The van der Waals surface area contributed by atoms with Crippen LogP contribution in [0.15, 0.2) is 39.5 Å². The lowest BCUT2D eigenvalue weighted by molar-refractivity contribution is -1.01. The number of hydrogen-bond donors (Lipinski definition) is 3. The maximum Gasteiger partial charge on any atom is 0.344 e. The van der Waals surface area contributed by atoms with Gasteiger partial charge in [-0.05, 0) is 42.3 Å². The molecule has 3 N–H and O–H groups in total. The van der Waals surface area contributed by atoms with E-state index in [1.165, 1.54) is 9.80 Å². The number of phenolic OH excluding ortho intramolecular Hbond substituents is 1. The average molecular weight is 427 g/mol. The second-order valence-electron chi connectivity index (χ2n) is 8.28. The molecule has 0 atom stereocenters. The molecule has 164 valence electrons. The van der Waals surface area contributed by atoms with E-state index < -0.39 is 5.63 Å². The number of piperazine rings is 1. The van der Waals surface area contributed by atoms with Crippen molar-refractivity contribution >= 4 is 11.0 Å². The lowest BCUT2D eigenvalue weighted by Crippen LogP contribution is -3.26. The molecule has 7 nitrogen and oxygen atoms in total. The lowest BCUT2D eigenvalue weighted by Gasteiger charge is -2.27. The zero-order chi connectivity index (χ0) is 22.1. The Hall–Kier alpha value is -3.03. The molecule has 0 unspecified atom stereocenters. The molecule has 0 spiro atoms. The fourth-order valence-corrected chi connectivity index (χ4v) is 4.41. The quantitative estimate of drug-likeness (QED) is 0.515. The minimum Gasteiger partial charge on any atom is -0.507 e. The van der Waals surface area contributed by atoms with Gasteiger partial charge in [0.15, 0.2) is 17.1 Å². The van der Waals surface area contributed by atoms with Crippen LogP contribution in [-0.4, -0.2) is 52.6 Å². The number of aromatic hydroxyl groups is 1. The summed E-state index contributed by atoms with van der Waals surface area (Å²) in [4.78, 5) is 16.0. The number of nitrogens with one attached hydrogen (secondary N) is 2. The van der Waals surface area contributed by atoms with Gasteiger partial charge < -0.3 is 28.8 Å². The SMILES string of the molecule is COc1ccc(-c2c(C)c3ccc(O)c(C[NH+]4CC[NH+](C)CC4)c3oc2=O)cc1OC. The maximum absolute atomic E-state index is 13.1. The third-order valence-electron chi connectivity index (χ3n) is 6.32. The topological polar surface area (TPSA) is 77.8 Å². The van der Waals surface area contributed by atoms with Gasteiger partial charge in [0.1, 0.15) is 38.5 Å². The van der Waals surface area contributed by atoms with E-state index in [0.29, 0.717) is 40.3 Å². The molecule has 2 aromatic carbocycles. The van der Waals surface area contributed by atoms with E-state index in [1.807, 2.05) is 19.1 Å². The van der Waals surface area contributed by atoms with Crippen molar-refractivity contribution in [1.82, 2.24) is 0 Å². The summed E-state index contributed by atoms with van der Waals surface area (Å²) in [6.45, 7) is 6.77. The fraction of sp³-hybridized carbons (Fsp3) is 0.375. The highest BCUT2D eigenvalue weighted by molar-refractivity contribution is 5.90. The number of fused-ring (bicyclic) bond motifs is 1. The summed E-state index contributed by atoms with van der Waals surface area (Å²) in [5.74, 6) is 1.32. The van der Waals surface area contributed by atoms with Crippen molar-refractivity contribution in [2.24, 2.45) is 0 Å². The van der Waals surface area contributed by atoms with Gasteiger partial charge in [0.25, 0.3) is 0 Å². The number of quaternary nitrogens is 2. The summed E-state index contributed by atoms with van der Waals surface area (Å²) >= 11 is 0. The van der Waals surface area contributed by atoms with Crippen molar-refractivity contribution in [2.75, 3.05) is 47.4 Å². The van der Waals surface area contributed by atoms with E-state index in [4.69, 9.17) is 13.9 Å². The first-order valence-corrected chi connectivity index (χ1v) is 10.6. The van der Waals surface area contributed by atoms with Gasteiger partial charge in [-0.15, -0.1) is 0 Å². The number of phenols is 1. The summed E-state index contributed by atoms with van der Waals surface area (Å²) in [5, 5.41) is 11.4. The van der Waals surface area contributed by atoms with Crippen molar-refractivity contribution in [3.05, 3.63) is 51.9 Å². The first-order chi connectivity index (χ1) is 14.9. The molecule has 1 aromatic heterocycles. The highest BCUT2D eigenvalue weighted by Gasteiger charge is 2.25. The van der Waals surface area contributed by atoms with E-state index in [1.54, 1.807) is 32.4 Å². The van der Waals surface area contributed by atoms with Gasteiger partial charge in [-0.1, -0.05) is 6.07 Å². The number of ether oxygens (including phenoxy) is 2. The smallest absolute Gasteiger partial charge is 0.344 e. The maximum atomic E-state index is 13.1. The number of rotatable bonds is 5. The molecule has 0 bridgehead atoms. The Kier molecular flexibility index (Phi) is 5.89. The third kappa shape index (κ3) is 3.98. The largest absolute Gasteiger partial charge is 0.507 e. The minimum atomic E-state index is -0.429. The number of methoxy groups -OCH3 is 2. The second kappa shape index (κ2) is 8.61. The van der Waals surface area contributed by atoms with E-state index in [9.17, 15) is 9.90 Å². The van der Waals surface area contributed by atoms with Crippen molar-refractivity contribution in [2.45, 2.75) is 13.5 Å². The Morgan fingerprint density at radius 1 is 1.03 bits per heavy atom. The first-order valence-electron chi connectivity index (χ1n) is 10.6. The molecule has 7 heteroatoms. The van der Waals surface area contributed by atoms with Gasteiger partial charge in [-0.2, -0.15) is 0 Å². The molecule has 1 fully saturated rings. The molecule has 4 rings (SSSR count). The highest BCUT2D eigenvalue weighted by Crippen LogP contribution is 2.35. The summed E-state index contributed by atoms with van der Waals surface area (Å²) in [6, 6.07) is 8.90. The summed E-state index contributed by atoms with van der Waals surface area (Å²) in [7, 11) is 5.34. The molecular formula is C24H30N2O5+2. The zero-order valence-corrected chi connectivity index (χ0v) is 18.5.